The smallest absolute Gasteiger partial charge is 0.306 e. The van der Waals surface area contributed by atoms with Crippen molar-refractivity contribution in [1.29, 1.82) is 0 Å². The van der Waals surface area contributed by atoms with Crippen molar-refractivity contribution in [2.45, 2.75) is 239 Å². The second-order valence-corrected chi connectivity index (χ2v) is 15.6. The van der Waals surface area contributed by atoms with Gasteiger partial charge >= 0.3 is 17.9 Å². The number of ether oxygens (including phenoxy) is 3. The number of allylic oxidation sites excluding steroid dienone is 8. The molecule has 1 atom stereocenters. The molecule has 0 fully saturated rings. The Morgan fingerprint density at radius 1 is 0.375 bits per heavy atom. The van der Waals surface area contributed by atoms with Crippen molar-refractivity contribution in [3.63, 3.8) is 0 Å². The summed E-state index contributed by atoms with van der Waals surface area (Å²) in [5.41, 5.74) is 0. The van der Waals surface area contributed by atoms with Gasteiger partial charge in [0.15, 0.2) is 6.10 Å². The summed E-state index contributed by atoms with van der Waals surface area (Å²) in [6, 6.07) is 0. The van der Waals surface area contributed by atoms with Crippen LogP contribution < -0.4 is 0 Å². The second-order valence-electron chi connectivity index (χ2n) is 15.6. The van der Waals surface area contributed by atoms with Crippen molar-refractivity contribution in [3.8, 4) is 0 Å². The fourth-order valence-corrected chi connectivity index (χ4v) is 6.50. The van der Waals surface area contributed by atoms with E-state index in [1.807, 2.05) is 0 Å². The van der Waals surface area contributed by atoms with Gasteiger partial charge in [-0.1, -0.05) is 191 Å². The minimum absolute atomic E-state index is 0.0893. The van der Waals surface area contributed by atoms with Crippen LogP contribution in [0.4, 0.5) is 0 Å². The molecule has 0 aromatic rings. The van der Waals surface area contributed by atoms with Gasteiger partial charge in [-0.2, -0.15) is 0 Å². The first-order chi connectivity index (χ1) is 27.5. The standard InChI is InChI=1S/C50H88O6/c1-4-7-10-13-16-19-22-24-25-26-29-31-34-37-40-43-49(52)55-46-47(45-54-48(51)42-39-36-33-30-27-21-18-15-12-9-6-3)56-50(53)44-41-38-35-32-28-23-20-17-14-11-8-5-2/h8,11,15,17-18,20,28,32,47H,4-7,9-10,12-14,16,19,21-27,29-31,33-46H2,1-3H3/b11-8-,18-15-,20-17-,32-28-. The molecule has 56 heavy (non-hydrogen) atoms. The Morgan fingerprint density at radius 2 is 0.714 bits per heavy atom. The molecule has 0 aromatic heterocycles. The van der Waals surface area contributed by atoms with Crippen LogP contribution in [-0.2, 0) is 28.6 Å². The highest BCUT2D eigenvalue weighted by Crippen LogP contribution is 2.15. The first kappa shape index (κ1) is 53.4. The van der Waals surface area contributed by atoms with E-state index in [0.717, 1.165) is 77.0 Å². The summed E-state index contributed by atoms with van der Waals surface area (Å²) in [7, 11) is 0. The molecule has 324 valence electrons. The largest absolute Gasteiger partial charge is 0.462 e. The fraction of sp³-hybridized carbons (Fsp3) is 0.780. The predicted molar refractivity (Wildman–Crippen MR) is 238 cm³/mol. The molecule has 0 bridgehead atoms. The molecule has 0 radical (unpaired) electrons. The number of hydrogen-bond acceptors (Lipinski definition) is 6. The number of hydrogen-bond donors (Lipinski definition) is 0. The van der Waals surface area contributed by atoms with Crippen molar-refractivity contribution in [1.82, 2.24) is 0 Å². The highest BCUT2D eigenvalue weighted by Gasteiger charge is 2.19. The van der Waals surface area contributed by atoms with Gasteiger partial charge in [0.05, 0.1) is 0 Å². The summed E-state index contributed by atoms with van der Waals surface area (Å²) in [6.45, 7) is 6.44. The Hall–Kier alpha value is -2.63. The van der Waals surface area contributed by atoms with Crippen LogP contribution in [0.25, 0.3) is 0 Å². The zero-order valence-electron chi connectivity index (χ0n) is 36.9. The number of rotatable bonds is 42. The molecule has 1 unspecified atom stereocenters. The molecule has 0 N–H and O–H groups in total. The van der Waals surface area contributed by atoms with Crippen LogP contribution in [0.5, 0.6) is 0 Å². The summed E-state index contributed by atoms with van der Waals surface area (Å²) >= 11 is 0. The topological polar surface area (TPSA) is 78.9 Å². The predicted octanol–water partition coefficient (Wildman–Crippen LogP) is 15.1. The summed E-state index contributed by atoms with van der Waals surface area (Å²) in [6.07, 6.45) is 52.4. The SMILES string of the molecule is CC/C=C\C/C=C\C/C=C\CCCCC(=O)OC(COC(=O)CCCCCCC/C=C\CCCC)COC(=O)CCCCCCCCCCCCCCCCC. The molecule has 0 rings (SSSR count). The highest BCUT2D eigenvalue weighted by molar-refractivity contribution is 5.71. The van der Waals surface area contributed by atoms with Gasteiger partial charge in [0.2, 0.25) is 0 Å². The van der Waals surface area contributed by atoms with Crippen LogP contribution in [0, 0.1) is 0 Å². The fourth-order valence-electron chi connectivity index (χ4n) is 6.50. The Balaban J connectivity index is 4.40. The Morgan fingerprint density at radius 3 is 1.20 bits per heavy atom. The molecule has 0 aliphatic carbocycles. The molecule has 0 amide bonds. The van der Waals surface area contributed by atoms with E-state index in [1.54, 1.807) is 0 Å². The van der Waals surface area contributed by atoms with E-state index in [0.29, 0.717) is 19.3 Å². The molecule has 6 heteroatoms. The first-order valence-corrected chi connectivity index (χ1v) is 23.6. The van der Waals surface area contributed by atoms with Crippen molar-refractivity contribution in [2.24, 2.45) is 0 Å². The van der Waals surface area contributed by atoms with Crippen LogP contribution in [0.3, 0.4) is 0 Å². The molecule has 0 heterocycles. The molecule has 0 saturated heterocycles. The van der Waals surface area contributed by atoms with Gasteiger partial charge in [-0.25, -0.2) is 0 Å². The van der Waals surface area contributed by atoms with Crippen LogP contribution in [0.15, 0.2) is 48.6 Å². The second kappa shape index (κ2) is 45.1. The molecule has 0 saturated carbocycles. The van der Waals surface area contributed by atoms with Crippen LogP contribution in [-0.4, -0.2) is 37.2 Å². The summed E-state index contributed by atoms with van der Waals surface area (Å²) in [4.78, 5) is 37.7. The number of carbonyl (C=O) groups is 3. The molecule has 6 nitrogen and oxygen atoms in total. The van der Waals surface area contributed by atoms with Gasteiger partial charge in [-0.05, 0) is 70.6 Å². The van der Waals surface area contributed by atoms with E-state index < -0.39 is 6.10 Å². The third-order valence-corrected chi connectivity index (χ3v) is 10.1. The maximum absolute atomic E-state index is 12.7. The van der Waals surface area contributed by atoms with Crippen LogP contribution in [0.2, 0.25) is 0 Å². The van der Waals surface area contributed by atoms with E-state index in [-0.39, 0.29) is 37.5 Å². The summed E-state index contributed by atoms with van der Waals surface area (Å²) < 4.78 is 16.7. The lowest BCUT2D eigenvalue weighted by Gasteiger charge is -2.18. The summed E-state index contributed by atoms with van der Waals surface area (Å²) in [5, 5.41) is 0. The van der Waals surface area contributed by atoms with Gasteiger partial charge in [0, 0.05) is 19.3 Å². The van der Waals surface area contributed by atoms with E-state index >= 15 is 0 Å². The Kier molecular flexibility index (Phi) is 43.0. The first-order valence-electron chi connectivity index (χ1n) is 23.6. The minimum Gasteiger partial charge on any atom is -0.462 e. The van der Waals surface area contributed by atoms with Crippen LogP contribution in [0.1, 0.15) is 233 Å². The maximum atomic E-state index is 12.7. The van der Waals surface area contributed by atoms with Crippen molar-refractivity contribution < 1.29 is 28.6 Å². The summed E-state index contributed by atoms with van der Waals surface area (Å²) in [5.74, 6) is -0.938. The van der Waals surface area contributed by atoms with E-state index in [2.05, 4.69) is 69.4 Å². The van der Waals surface area contributed by atoms with Gasteiger partial charge in [-0.3, -0.25) is 14.4 Å². The number of carbonyl (C=O) groups excluding carboxylic acids is 3. The van der Waals surface area contributed by atoms with Gasteiger partial charge < -0.3 is 14.2 Å². The molecule has 0 aliphatic heterocycles. The third-order valence-electron chi connectivity index (χ3n) is 10.1. The van der Waals surface area contributed by atoms with Gasteiger partial charge in [0.1, 0.15) is 13.2 Å². The van der Waals surface area contributed by atoms with Crippen molar-refractivity contribution >= 4 is 17.9 Å². The normalized spacial score (nSPS) is 12.4. The zero-order valence-corrected chi connectivity index (χ0v) is 36.9. The quantitative estimate of drug-likeness (QED) is 0.0265. The highest BCUT2D eigenvalue weighted by atomic mass is 16.6. The average Bonchev–Trinajstić information content (AvgIpc) is 3.19. The number of esters is 3. The Labute approximate surface area is 346 Å². The van der Waals surface area contributed by atoms with Gasteiger partial charge in [-0.15, -0.1) is 0 Å². The zero-order chi connectivity index (χ0) is 40.8. The average molecular weight is 785 g/mol. The lowest BCUT2D eigenvalue weighted by atomic mass is 10.0. The van der Waals surface area contributed by atoms with E-state index in [4.69, 9.17) is 14.2 Å². The maximum Gasteiger partial charge on any atom is 0.306 e. The van der Waals surface area contributed by atoms with Gasteiger partial charge in [0.25, 0.3) is 0 Å². The van der Waals surface area contributed by atoms with E-state index in [1.165, 1.54) is 109 Å². The van der Waals surface area contributed by atoms with Crippen molar-refractivity contribution in [2.75, 3.05) is 13.2 Å². The lowest BCUT2D eigenvalue weighted by molar-refractivity contribution is -0.167. The minimum atomic E-state index is -0.791. The van der Waals surface area contributed by atoms with Crippen molar-refractivity contribution in [3.05, 3.63) is 48.6 Å². The Bertz CT molecular complexity index is 996. The van der Waals surface area contributed by atoms with Crippen LogP contribution >= 0.6 is 0 Å². The molecule has 0 spiro atoms. The third kappa shape index (κ3) is 42.5. The molecular weight excluding hydrogens is 697 g/mol. The number of unbranched alkanes of at least 4 members (excludes halogenated alkanes) is 23. The molecule has 0 aliphatic rings. The molecular formula is C50H88O6. The van der Waals surface area contributed by atoms with E-state index in [9.17, 15) is 14.4 Å². The monoisotopic (exact) mass is 785 g/mol. The molecule has 0 aromatic carbocycles. The lowest BCUT2D eigenvalue weighted by Crippen LogP contribution is -2.30.